The van der Waals surface area contributed by atoms with Crippen molar-refractivity contribution in [3.05, 3.63) is 69.5 Å². The molecule has 0 atom stereocenters. The number of carbonyl (C=O) groups excluding carboxylic acids is 1. The first-order valence-corrected chi connectivity index (χ1v) is 5.54. The molecule has 1 aromatic heterocycles. The summed E-state index contributed by atoms with van der Waals surface area (Å²) in [6.45, 7) is 0. The molecule has 7 heteroatoms. The third kappa shape index (κ3) is 2.82. The van der Waals surface area contributed by atoms with Crippen LogP contribution < -0.4 is 0 Å². The number of hydrogen-bond donors (Lipinski definition) is 0. The fourth-order valence-electron chi connectivity index (χ4n) is 1.69. The Hall–Kier alpha value is -2.70. The van der Waals surface area contributed by atoms with Crippen molar-refractivity contribution in [1.29, 1.82) is 0 Å². The Morgan fingerprint density at radius 1 is 1.30 bits per heavy atom. The summed E-state index contributed by atoms with van der Waals surface area (Å²) in [6, 6.07) is 4.16. The Morgan fingerprint density at radius 2 is 2.00 bits per heavy atom. The molecular formula is C13H8F2N2O3. The summed E-state index contributed by atoms with van der Waals surface area (Å²) in [5.74, 6) is -3.34. The Labute approximate surface area is 112 Å². The maximum atomic E-state index is 13.2. The van der Waals surface area contributed by atoms with E-state index >= 15 is 0 Å². The normalized spacial score (nSPS) is 10.3. The molecule has 0 amide bonds. The molecule has 0 N–H and O–H groups in total. The molecule has 2 aromatic rings. The maximum absolute atomic E-state index is 13.2. The monoisotopic (exact) mass is 278 g/mol. The van der Waals surface area contributed by atoms with Gasteiger partial charge in [0.1, 0.15) is 0 Å². The summed E-state index contributed by atoms with van der Waals surface area (Å²) in [5.41, 5.74) is -0.688. The van der Waals surface area contributed by atoms with Gasteiger partial charge < -0.3 is 0 Å². The van der Waals surface area contributed by atoms with Crippen LogP contribution in [0.25, 0.3) is 0 Å². The Kier molecular flexibility index (Phi) is 3.79. The Balaban J connectivity index is 2.39. The van der Waals surface area contributed by atoms with Crippen LogP contribution in [0.15, 0.2) is 36.7 Å². The van der Waals surface area contributed by atoms with E-state index in [0.717, 1.165) is 0 Å². The van der Waals surface area contributed by atoms with Crippen molar-refractivity contribution in [2.24, 2.45) is 0 Å². The minimum Gasteiger partial charge on any atom is -0.294 e. The highest BCUT2D eigenvalue weighted by Crippen LogP contribution is 2.23. The van der Waals surface area contributed by atoms with Gasteiger partial charge in [0.05, 0.1) is 16.6 Å². The Bertz CT molecular complexity index is 675. The average Bonchev–Trinajstić information content (AvgIpc) is 2.42. The van der Waals surface area contributed by atoms with Crippen molar-refractivity contribution in [3.63, 3.8) is 0 Å². The van der Waals surface area contributed by atoms with Crippen LogP contribution in [0.4, 0.5) is 14.5 Å². The lowest BCUT2D eigenvalue weighted by Crippen LogP contribution is -2.09. The van der Waals surface area contributed by atoms with Crippen LogP contribution in [0.3, 0.4) is 0 Å². The molecular weight excluding hydrogens is 270 g/mol. The molecule has 2 rings (SSSR count). The summed E-state index contributed by atoms with van der Waals surface area (Å²) in [6.07, 6.45) is 2.75. The number of carbonyl (C=O) groups is 1. The molecule has 0 fully saturated rings. The molecule has 0 bridgehead atoms. The van der Waals surface area contributed by atoms with Crippen molar-refractivity contribution >= 4 is 11.5 Å². The number of ketones is 1. The zero-order valence-electron chi connectivity index (χ0n) is 10.0. The number of nitrogens with zero attached hydrogens (tertiary/aromatic N) is 2. The second kappa shape index (κ2) is 5.52. The van der Waals surface area contributed by atoms with E-state index in [-0.39, 0.29) is 6.42 Å². The quantitative estimate of drug-likeness (QED) is 0.489. The lowest BCUT2D eigenvalue weighted by molar-refractivity contribution is -0.385. The first-order chi connectivity index (χ1) is 9.49. The molecule has 0 aliphatic carbocycles. The van der Waals surface area contributed by atoms with E-state index in [2.05, 4.69) is 4.98 Å². The number of rotatable bonds is 4. The van der Waals surface area contributed by atoms with Gasteiger partial charge in [0.2, 0.25) is 0 Å². The van der Waals surface area contributed by atoms with E-state index in [1.165, 1.54) is 12.4 Å². The van der Waals surface area contributed by atoms with E-state index in [1.807, 2.05) is 0 Å². The SMILES string of the molecule is O=C(Cc1cccnc1)c1cc(F)c(F)cc1[N+](=O)[O-]. The number of pyridine rings is 1. The first-order valence-electron chi connectivity index (χ1n) is 5.54. The molecule has 1 aromatic carbocycles. The lowest BCUT2D eigenvalue weighted by atomic mass is 10.0. The highest BCUT2D eigenvalue weighted by molar-refractivity contribution is 6.01. The summed E-state index contributed by atoms with van der Waals surface area (Å²) in [5, 5.41) is 10.8. The van der Waals surface area contributed by atoms with Gasteiger partial charge in [-0.25, -0.2) is 8.78 Å². The minimum atomic E-state index is -1.37. The van der Waals surface area contributed by atoms with Gasteiger partial charge in [0.25, 0.3) is 5.69 Å². The van der Waals surface area contributed by atoms with Gasteiger partial charge in [-0.2, -0.15) is 0 Å². The number of Topliss-reactive ketones (excluding diaryl/α,β-unsaturated/α-hetero) is 1. The molecule has 20 heavy (non-hydrogen) atoms. The molecule has 0 aliphatic rings. The molecule has 0 radical (unpaired) electrons. The van der Waals surface area contributed by atoms with Crippen molar-refractivity contribution in [2.75, 3.05) is 0 Å². The molecule has 0 unspecified atom stereocenters. The molecule has 0 saturated carbocycles. The van der Waals surface area contributed by atoms with E-state index in [4.69, 9.17) is 0 Å². The van der Waals surface area contributed by atoms with Crippen LogP contribution in [0.1, 0.15) is 15.9 Å². The topological polar surface area (TPSA) is 73.1 Å². The fourth-order valence-corrected chi connectivity index (χ4v) is 1.69. The van der Waals surface area contributed by atoms with Crippen molar-refractivity contribution in [3.8, 4) is 0 Å². The number of benzene rings is 1. The molecule has 5 nitrogen and oxygen atoms in total. The van der Waals surface area contributed by atoms with E-state index < -0.39 is 33.6 Å². The van der Waals surface area contributed by atoms with Crippen molar-refractivity contribution < 1.29 is 18.5 Å². The highest BCUT2D eigenvalue weighted by Gasteiger charge is 2.23. The summed E-state index contributed by atoms with van der Waals surface area (Å²) in [7, 11) is 0. The predicted molar refractivity (Wildman–Crippen MR) is 65.3 cm³/mol. The van der Waals surface area contributed by atoms with Crippen LogP contribution in [-0.4, -0.2) is 15.7 Å². The summed E-state index contributed by atoms with van der Waals surface area (Å²) in [4.78, 5) is 25.7. The van der Waals surface area contributed by atoms with Gasteiger partial charge >= 0.3 is 0 Å². The molecule has 0 aliphatic heterocycles. The van der Waals surface area contributed by atoms with Gasteiger partial charge in [-0.3, -0.25) is 19.9 Å². The van der Waals surface area contributed by atoms with Crippen molar-refractivity contribution in [1.82, 2.24) is 4.98 Å². The zero-order valence-corrected chi connectivity index (χ0v) is 10.0. The summed E-state index contributed by atoms with van der Waals surface area (Å²) >= 11 is 0. The van der Waals surface area contributed by atoms with Gasteiger partial charge in [0.15, 0.2) is 17.4 Å². The number of nitro groups is 1. The zero-order chi connectivity index (χ0) is 14.7. The second-order valence-electron chi connectivity index (χ2n) is 4.00. The van der Waals surface area contributed by atoms with Crippen LogP contribution in [0, 0.1) is 21.7 Å². The Morgan fingerprint density at radius 3 is 2.60 bits per heavy atom. The fraction of sp³-hybridized carbons (Fsp3) is 0.0769. The second-order valence-corrected chi connectivity index (χ2v) is 4.00. The third-order valence-electron chi connectivity index (χ3n) is 2.62. The molecule has 102 valence electrons. The number of aromatic nitrogens is 1. The predicted octanol–water partition coefficient (Wildman–Crippen LogP) is 2.69. The van der Waals surface area contributed by atoms with Gasteiger partial charge in [0, 0.05) is 18.8 Å². The lowest BCUT2D eigenvalue weighted by Gasteiger charge is -2.03. The van der Waals surface area contributed by atoms with Crippen LogP contribution in [0.2, 0.25) is 0 Å². The van der Waals surface area contributed by atoms with Gasteiger partial charge in [-0.05, 0) is 17.7 Å². The van der Waals surface area contributed by atoms with E-state index in [9.17, 15) is 23.7 Å². The van der Waals surface area contributed by atoms with E-state index in [1.54, 1.807) is 12.1 Å². The number of halogens is 2. The van der Waals surface area contributed by atoms with Gasteiger partial charge in [-0.15, -0.1) is 0 Å². The number of nitro benzene ring substituents is 1. The van der Waals surface area contributed by atoms with E-state index in [0.29, 0.717) is 17.7 Å². The molecule has 0 saturated heterocycles. The summed E-state index contributed by atoms with van der Waals surface area (Å²) < 4.78 is 26.2. The standard InChI is InChI=1S/C13H8F2N2O3/c14-10-5-9(12(17(19)20)6-11(10)15)13(18)4-8-2-1-3-16-7-8/h1-3,5-7H,4H2. The first kappa shape index (κ1) is 13.7. The van der Waals surface area contributed by atoms with Crippen LogP contribution in [-0.2, 0) is 6.42 Å². The average molecular weight is 278 g/mol. The highest BCUT2D eigenvalue weighted by atomic mass is 19.2. The van der Waals surface area contributed by atoms with Crippen LogP contribution in [0.5, 0.6) is 0 Å². The third-order valence-corrected chi connectivity index (χ3v) is 2.62. The minimum absolute atomic E-state index is 0.181. The van der Waals surface area contributed by atoms with Crippen LogP contribution >= 0.6 is 0 Å². The largest absolute Gasteiger partial charge is 0.294 e. The smallest absolute Gasteiger partial charge is 0.283 e. The maximum Gasteiger partial charge on any atom is 0.283 e. The van der Waals surface area contributed by atoms with Gasteiger partial charge in [-0.1, -0.05) is 6.07 Å². The molecule has 0 spiro atoms. The molecule has 1 heterocycles. The number of hydrogen-bond acceptors (Lipinski definition) is 4. The van der Waals surface area contributed by atoms with Crippen molar-refractivity contribution in [2.45, 2.75) is 6.42 Å².